The minimum Gasteiger partial charge on any atom is 0 e. The van der Waals surface area contributed by atoms with Crippen molar-refractivity contribution in [1.29, 1.82) is 0 Å². The van der Waals surface area contributed by atoms with Gasteiger partial charge in [0.1, 0.15) is 0 Å². The molecular weight excluding hydrogens is 141 g/mol. The van der Waals surface area contributed by atoms with E-state index in [9.17, 15) is 0 Å². The van der Waals surface area contributed by atoms with E-state index in [0.717, 1.165) is 0 Å². The minimum atomic E-state index is 0. The van der Waals surface area contributed by atoms with Crippen molar-refractivity contribution in [3.8, 4) is 0 Å². The van der Waals surface area contributed by atoms with Crippen LogP contribution in [0.25, 0.3) is 0 Å². The van der Waals surface area contributed by atoms with Gasteiger partial charge in [-0.1, -0.05) is 0 Å². The predicted molar refractivity (Wildman–Crippen MR) is 5.38 cm³/mol. The molecule has 0 heterocycles. The van der Waals surface area contributed by atoms with Gasteiger partial charge in [0.25, 0.3) is 0 Å². The van der Waals surface area contributed by atoms with Gasteiger partial charge >= 0.3 is 0 Å². The monoisotopic (exact) mass is 140 g/mol. The van der Waals surface area contributed by atoms with Crippen LogP contribution in [0.4, 0.5) is 0 Å². The van der Waals surface area contributed by atoms with E-state index in [0.29, 0.717) is 0 Å². The Bertz CT molecular complexity index is 8.00. The molecule has 0 aromatic heterocycles. The minimum absolute atomic E-state index is 0. The third-order valence-electron chi connectivity index (χ3n) is 0. The van der Waals surface area contributed by atoms with Gasteiger partial charge in [0, 0.05) is 47.1 Å². The molecular formula is CFeNNi. The first-order chi connectivity index (χ1) is 0. The van der Waals surface area contributed by atoms with Crippen molar-refractivity contribution < 1.29 is 33.6 Å². The zero-order valence-corrected chi connectivity index (χ0v) is 3.71. The van der Waals surface area contributed by atoms with E-state index >= 15 is 0 Å². The average Bonchev–Trinajstić information content (AvgIpc) is 0. The fraction of sp³-hybridized carbons (Fsp3) is 0. The molecule has 27 valence electrons. The van der Waals surface area contributed by atoms with Gasteiger partial charge in [-0.25, -0.2) is 0 Å². The van der Waals surface area contributed by atoms with Gasteiger partial charge in [0.05, 0.1) is 0 Å². The quantitative estimate of drug-likeness (QED) is 0.410. The fourth-order valence-electron chi connectivity index (χ4n) is 0. The van der Waals surface area contributed by atoms with Gasteiger partial charge in [-0.05, 0) is 0 Å². The van der Waals surface area contributed by atoms with Crippen molar-refractivity contribution in [1.82, 2.24) is 6.15 Å². The van der Waals surface area contributed by atoms with Crippen LogP contribution in [0.3, 0.4) is 0 Å². The Kier molecular flexibility index (Phi) is 769. The van der Waals surface area contributed by atoms with Crippen molar-refractivity contribution in [3.63, 3.8) is 0 Å². The summed E-state index contributed by atoms with van der Waals surface area (Å²) in [7, 11) is 0. The molecule has 0 atom stereocenters. The van der Waals surface area contributed by atoms with E-state index < -0.39 is 0 Å². The molecule has 0 aliphatic carbocycles. The molecule has 0 aliphatic heterocycles. The van der Waals surface area contributed by atoms with Gasteiger partial charge in [-0.3, -0.25) is 0 Å². The molecule has 0 aliphatic rings. The second kappa shape index (κ2) is 37.1. The Morgan fingerprint density at radius 3 is 1.00 bits per heavy atom. The van der Waals surface area contributed by atoms with Crippen molar-refractivity contribution in [2.24, 2.45) is 0 Å². The maximum Gasteiger partial charge on any atom is 0 e. The van der Waals surface area contributed by atoms with E-state index in [4.69, 9.17) is 0 Å². The van der Waals surface area contributed by atoms with Crippen LogP contribution in [0.2, 0.25) is 0 Å². The van der Waals surface area contributed by atoms with Gasteiger partial charge in [0.15, 0.2) is 0 Å². The van der Waals surface area contributed by atoms with Crippen LogP contribution in [0, 0.1) is 7.43 Å². The van der Waals surface area contributed by atoms with E-state index in [1.807, 2.05) is 0 Å². The van der Waals surface area contributed by atoms with Crippen LogP contribution in [-0.2, 0) is 33.6 Å². The summed E-state index contributed by atoms with van der Waals surface area (Å²) in [4.78, 5) is 0. The first-order valence-corrected chi connectivity index (χ1v) is 0. The summed E-state index contributed by atoms with van der Waals surface area (Å²) in [5.41, 5.74) is 0. The summed E-state index contributed by atoms with van der Waals surface area (Å²) < 4.78 is 0. The van der Waals surface area contributed by atoms with Gasteiger partial charge < -0.3 is 0 Å². The summed E-state index contributed by atoms with van der Waals surface area (Å²) in [6, 6.07) is 0. The van der Waals surface area contributed by atoms with Crippen LogP contribution in [0.1, 0.15) is 0 Å². The van der Waals surface area contributed by atoms with E-state index in [-0.39, 0.29) is 47.1 Å². The molecule has 0 aromatic rings. The molecule has 3 heteroatoms. The molecule has 0 amide bonds. The maximum absolute atomic E-state index is 0. The standard InChI is InChI=1S/C.Fe.N.Ni. The Morgan fingerprint density at radius 2 is 1.00 bits per heavy atom. The normalized spacial score (nSPS) is 0. The number of hydrogen-bond donors (Lipinski definition) is 0. The zero-order chi connectivity index (χ0) is 0. The summed E-state index contributed by atoms with van der Waals surface area (Å²) >= 11 is 0. The van der Waals surface area contributed by atoms with Crippen LogP contribution < -0.4 is 6.15 Å². The zero-order valence-electron chi connectivity index (χ0n) is 1.62. The molecule has 0 spiro atoms. The third kappa shape index (κ3) is 12.2. The van der Waals surface area contributed by atoms with Gasteiger partial charge in [0.2, 0.25) is 0 Å². The average molecular weight is 141 g/mol. The Balaban J connectivity index is 0. The fourth-order valence-corrected chi connectivity index (χ4v) is 0. The van der Waals surface area contributed by atoms with Crippen LogP contribution >= 0.6 is 0 Å². The SMILES string of the molecule is [C].[Fe].[N].[Ni]. The molecule has 7 radical (unpaired) electrons. The summed E-state index contributed by atoms with van der Waals surface area (Å²) in [6.45, 7) is 0. The second-order valence-corrected chi connectivity index (χ2v) is 0. The van der Waals surface area contributed by atoms with Gasteiger partial charge in [-0.15, -0.1) is 0 Å². The summed E-state index contributed by atoms with van der Waals surface area (Å²) in [6.07, 6.45) is 0. The molecule has 0 N–H and O–H groups in total. The van der Waals surface area contributed by atoms with Crippen molar-refractivity contribution in [2.45, 2.75) is 0 Å². The number of hydrogen-bond acceptors (Lipinski definition) is 0. The molecule has 1 nitrogen and oxygen atoms in total. The molecule has 0 fully saturated rings. The predicted octanol–water partition coefficient (Wildman–Crippen LogP) is -0.404. The van der Waals surface area contributed by atoms with Crippen LogP contribution in [0.5, 0.6) is 0 Å². The molecule has 0 saturated heterocycles. The number of nitrogens with zero attached hydrogens (tertiary/aromatic N) is 1. The van der Waals surface area contributed by atoms with E-state index in [1.165, 1.54) is 0 Å². The molecule has 0 bridgehead atoms. The third-order valence-corrected chi connectivity index (χ3v) is 0. The van der Waals surface area contributed by atoms with Crippen molar-refractivity contribution >= 4 is 0 Å². The topological polar surface area (TPSA) is 30.5 Å². The van der Waals surface area contributed by atoms with Crippen LogP contribution in [-0.4, -0.2) is 0 Å². The van der Waals surface area contributed by atoms with Crippen molar-refractivity contribution in [2.75, 3.05) is 0 Å². The summed E-state index contributed by atoms with van der Waals surface area (Å²) in [5.74, 6) is 0. The first-order valence-electron chi connectivity index (χ1n) is 0. The first kappa shape index (κ1) is 82.9. The Labute approximate surface area is 47.5 Å². The molecule has 0 aromatic carbocycles. The van der Waals surface area contributed by atoms with Crippen LogP contribution in [0.15, 0.2) is 0 Å². The molecule has 0 saturated carbocycles. The maximum atomic E-state index is 0. The second-order valence-electron chi connectivity index (χ2n) is 0. The largest absolute Gasteiger partial charge is 0 e. The Morgan fingerprint density at radius 1 is 1.00 bits per heavy atom. The Hall–Kier alpha value is 0.973. The molecule has 0 rings (SSSR count). The molecule has 0 unspecified atom stereocenters. The van der Waals surface area contributed by atoms with Gasteiger partial charge in [-0.2, -0.15) is 0 Å². The molecule has 4 heavy (non-hydrogen) atoms. The summed E-state index contributed by atoms with van der Waals surface area (Å²) in [5, 5.41) is 0. The van der Waals surface area contributed by atoms with E-state index in [1.54, 1.807) is 0 Å². The van der Waals surface area contributed by atoms with E-state index in [2.05, 4.69) is 0 Å². The number of rotatable bonds is 0. The smallest absolute Gasteiger partial charge is 0 e. The van der Waals surface area contributed by atoms with Crippen molar-refractivity contribution in [3.05, 3.63) is 7.43 Å².